The molecule has 4 heterocycles. The molecule has 5 rings (SSSR count). The first-order chi connectivity index (χ1) is 14.9. The van der Waals surface area contributed by atoms with E-state index < -0.39 is 11.6 Å². The number of pyridine rings is 2. The van der Waals surface area contributed by atoms with Gasteiger partial charge in [-0.05, 0) is 30.5 Å². The number of aliphatic hydroxyl groups is 1. The lowest BCUT2D eigenvalue weighted by Gasteiger charge is -2.31. The zero-order chi connectivity index (χ0) is 21.9. The van der Waals surface area contributed by atoms with Gasteiger partial charge in [-0.1, -0.05) is 38.5 Å². The molecule has 2 aliphatic heterocycles. The van der Waals surface area contributed by atoms with E-state index in [0.29, 0.717) is 29.1 Å². The van der Waals surface area contributed by atoms with Gasteiger partial charge in [0.25, 0.3) is 5.56 Å². The summed E-state index contributed by atoms with van der Waals surface area (Å²) in [6.07, 6.45) is 1.88. The summed E-state index contributed by atoms with van der Waals surface area (Å²) in [5, 5.41) is 12.0. The number of hydrogen-bond acceptors (Lipinski definition) is 6. The molecule has 1 unspecified atom stereocenters. The van der Waals surface area contributed by atoms with Crippen molar-refractivity contribution in [1.29, 1.82) is 0 Å². The van der Waals surface area contributed by atoms with Gasteiger partial charge in [0.2, 0.25) is 0 Å². The summed E-state index contributed by atoms with van der Waals surface area (Å²) in [6.45, 7) is 4.02. The summed E-state index contributed by atoms with van der Waals surface area (Å²) < 4.78 is 6.81. The first kappa shape index (κ1) is 19.9. The van der Waals surface area contributed by atoms with Crippen molar-refractivity contribution >= 4 is 16.9 Å². The minimum atomic E-state index is -1.83. The van der Waals surface area contributed by atoms with E-state index in [1.165, 1.54) is 0 Å². The van der Waals surface area contributed by atoms with Crippen LogP contribution < -0.4 is 11.3 Å². The summed E-state index contributed by atoms with van der Waals surface area (Å²) in [5.74, 6) is -0.720. The number of para-hydroxylation sites is 1. The van der Waals surface area contributed by atoms with Gasteiger partial charge in [0.05, 0.1) is 29.0 Å². The molecule has 0 amide bonds. The number of nitrogens with two attached hydrogens (primary N) is 1. The number of cyclic esters (lactones) is 1. The number of rotatable bonds is 4. The van der Waals surface area contributed by atoms with Crippen LogP contribution in [0.1, 0.15) is 61.4 Å². The number of benzene rings is 1. The van der Waals surface area contributed by atoms with Crippen molar-refractivity contribution in [3.05, 3.63) is 62.9 Å². The van der Waals surface area contributed by atoms with Crippen LogP contribution in [0.5, 0.6) is 0 Å². The van der Waals surface area contributed by atoms with Gasteiger partial charge in [-0.3, -0.25) is 4.79 Å². The van der Waals surface area contributed by atoms with Crippen molar-refractivity contribution in [2.45, 2.75) is 57.9 Å². The molecular formula is C24H25N3O4. The molecule has 0 saturated carbocycles. The van der Waals surface area contributed by atoms with E-state index >= 15 is 0 Å². The number of hydrogen-bond donors (Lipinski definition) is 2. The molecule has 0 bridgehead atoms. The van der Waals surface area contributed by atoms with Crippen LogP contribution in [0, 0.1) is 0 Å². The van der Waals surface area contributed by atoms with Gasteiger partial charge >= 0.3 is 5.97 Å². The fourth-order valence-corrected chi connectivity index (χ4v) is 4.94. The number of fused-ring (bicyclic) bond motifs is 5. The van der Waals surface area contributed by atoms with Gasteiger partial charge in [-0.2, -0.15) is 0 Å². The molecule has 0 aliphatic carbocycles. The zero-order valence-corrected chi connectivity index (χ0v) is 17.6. The Morgan fingerprint density at radius 1 is 1.26 bits per heavy atom. The van der Waals surface area contributed by atoms with Crippen molar-refractivity contribution in [2.75, 3.05) is 0 Å². The van der Waals surface area contributed by atoms with Crippen LogP contribution >= 0.6 is 0 Å². The predicted molar refractivity (Wildman–Crippen MR) is 116 cm³/mol. The molecule has 2 aromatic heterocycles. The number of aromatic nitrogens is 2. The molecule has 7 nitrogen and oxygen atoms in total. The second-order valence-electron chi connectivity index (χ2n) is 8.37. The van der Waals surface area contributed by atoms with Crippen LogP contribution in [0.25, 0.3) is 22.3 Å². The van der Waals surface area contributed by atoms with Crippen molar-refractivity contribution in [2.24, 2.45) is 5.73 Å². The normalized spacial score (nSPS) is 20.2. The van der Waals surface area contributed by atoms with E-state index in [0.717, 1.165) is 34.9 Å². The minimum Gasteiger partial charge on any atom is -0.458 e. The zero-order valence-electron chi connectivity index (χ0n) is 17.6. The Bertz CT molecular complexity index is 1300. The van der Waals surface area contributed by atoms with Crippen LogP contribution in [0.3, 0.4) is 0 Å². The second-order valence-corrected chi connectivity index (χ2v) is 8.37. The summed E-state index contributed by atoms with van der Waals surface area (Å²) in [6, 6.07) is 9.42. The van der Waals surface area contributed by atoms with Crippen LogP contribution in [0.15, 0.2) is 35.1 Å². The number of esters is 1. The highest BCUT2D eigenvalue weighted by Crippen LogP contribution is 2.41. The van der Waals surface area contributed by atoms with Crippen molar-refractivity contribution in [1.82, 2.24) is 9.55 Å². The lowest BCUT2D eigenvalue weighted by atomic mass is 9.86. The van der Waals surface area contributed by atoms with Gasteiger partial charge in [0.15, 0.2) is 5.60 Å². The Kier molecular flexibility index (Phi) is 4.50. The SMILES string of the molecule is CCCC(N)c1c2c(nc3ccccc13)-c1cc3c(c(=O)n1C2)COC(=O)[C@]3(O)CC. The molecule has 3 aromatic rings. The molecular weight excluding hydrogens is 394 g/mol. The molecule has 0 fully saturated rings. The fraction of sp³-hybridized carbons (Fsp3) is 0.375. The van der Waals surface area contributed by atoms with Crippen LogP contribution in [-0.4, -0.2) is 20.6 Å². The minimum absolute atomic E-state index is 0.117. The Morgan fingerprint density at radius 3 is 2.77 bits per heavy atom. The predicted octanol–water partition coefficient (Wildman–Crippen LogP) is 2.88. The fourth-order valence-electron chi connectivity index (χ4n) is 4.94. The molecule has 7 heteroatoms. The third-order valence-corrected chi connectivity index (χ3v) is 6.61. The number of ether oxygens (including phenoxy) is 1. The van der Waals surface area contributed by atoms with Crippen LogP contribution in [-0.2, 0) is 28.3 Å². The largest absolute Gasteiger partial charge is 0.458 e. The molecule has 2 atom stereocenters. The smallest absolute Gasteiger partial charge is 0.343 e. The highest BCUT2D eigenvalue weighted by molar-refractivity contribution is 5.89. The maximum atomic E-state index is 13.4. The van der Waals surface area contributed by atoms with Gasteiger partial charge in [0, 0.05) is 22.6 Å². The molecule has 2 aliphatic rings. The third-order valence-electron chi connectivity index (χ3n) is 6.61. The van der Waals surface area contributed by atoms with E-state index in [1.54, 1.807) is 17.6 Å². The molecule has 160 valence electrons. The van der Waals surface area contributed by atoms with Crippen LogP contribution in [0.2, 0.25) is 0 Å². The first-order valence-corrected chi connectivity index (χ1v) is 10.7. The molecule has 0 spiro atoms. The van der Waals surface area contributed by atoms with Crippen molar-refractivity contribution < 1.29 is 14.6 Å². The first-order valence-electron chi connectivity index (χ1n) is 10.7. The van der Waals surface area contributed by atoms with Crippen molar-refractivity contribution in [3.63, 3.8) is 0 Å². The van der Waals surface area contributed by atoms with Crippen molar-refractivity contribution in [3.8, 4) is 11.4 Å². The topological polar surface area (TPSA) is 107 Å². The monoisotopic (exact) mass is 419 g/mol. The Labute approximate surface area is 179 Å². The van der Waals surface area contributed by atoms with Gasteiger partial charge in [-0.15, -0.1) is 0 Å². The van der Waals surface area contributed by atoms with Crippen LogP contribution in [0.4, 0.5) is 0 Å². The summed E-state index contributed by atoms with van der Waals surface area (Å²) in [5.41, 5.74) is 9.22. The quantitative estimate of drug-likeness (QED) is 0.493. The maximum absolute atomic E-state index is 13.4. The average molecular weight is 419 g/mol. The summed E-state index contributed by atoms with van der Waals surface area (Å²) in [7, 11) is 0. The molecule has 0 radical (unpaired) electrons. The Morgan fingerprint density at radius 2 is 2.03 bits per heavy atom. The summed E-state index contributed by atoms with van der Waals surface area (Å²) >= 11 is 0. The average Bonchev–Trinajstić information content (AvgIpc) is 3.13. The lowest BCUT2D eigenvalue weighted by molar-refractivity contribution is -0.172. The molecule has 3 N–H and O–H groups in total. The lowest BCUT2D eigenvalue weighted by Crippen LogP contribution is -2.44. The standard InChI is InChI=1S/C24H25N3O4/c1-3-7-17(25)20-13-8-5-6-9-18(13)26-21-14(20)11-27-19(21)10-16-15(22(27)28)12-31-23(29)24(16,30)4-2/h5-6,8-10,17,30H,3-4,7,11-12,25H2,1-2H3/t17?,24-/m0/s1. The molecule has 31 heavy (non-hydrogen) atoms. The summed E-state index contributed by atoms with van der Waals surface area (Å²) in [4.78, 5) is 30.6. The highest BCUT2D eigenvalue weighted by atomic mass is 16.6. The van der Waals surface area contributed by atoms with Gasteiger partial charge in [0.1, 0.15) is 6.61 Å². The van der Waals surface area contributed by atoms with E-state index in [-0.39, 0.29) is 24.6 Å². The molecule has 1 aromatic carbocycles. The van der Waals surface area contributed by atoms with E-state index in [1.807, 2.05) is 24.3 Å². The number of carbonyl (C=O) groups excluding carboxylic acids is 1. The number of carbonyl (C=O) groups is 1. The number of nitrogens with zero attached hydrogens (tertiary/aromatic N) is 2. The Balaban J connectivity index is 1.82. The van der Waals surface area contributed by atoms with Gasteiger partial charge in [-0.25, -0.2) is 9.78 Å². The Hall–Kier alpha value is -3.03. The highest BCUT2D eigenvalue weighted by Gasteiger charge is 2.45. The van der Waals surface area contributed by atoms with E-state index in [2.05, 4.69) is 6.92 Å². The third kappa shape index (κ3) is 2.70. The van der Waals surface area contributed by atoms with Gasteiger partial charge < -0.3 is 20.1 Å². The molecule has 0 saturated heterocycles. The van der Waals surface area contributed by atoms with E-state index in [9.17, 15) is 14.7 Å². The van der Waals surface area contributed by atoms with E-state index in [4.69, 9.17) is 15.5 Å². The maximum Gasteiger partial charge on any atom is 0.343 e. The second kappa shape index (κ2) is 7.00.